The first kappa shape index (κ1) is 47.3. The van der Waals surface area contributed by atoms with Gasteiger partial charge in [-0.3, -0.25) is 0 Å². The second kappa shape index (κ2) is 20.8. The standard InChI is InChI=1S/C34H54O23/c1-5-11(3)29(47)49-9-15-19(39)22(42)26(46)32(53-15)56-28-24(44)20(40)16(10-50-30(48)12(4)6-2)54-34(28)57-33-27(23(43)18(38)14(8-36)52-33)55-31-25(45)21(41)17(37)13(7-35)51-31/h5-6,13-28,31-46H,7-10H2,1-4H3/b11-5+,12-6+/t13-,14-,15-,16-,17-,18-,19-,20-,21+,22+,23+,24+,25-,26-,27-,28-,31+,32+,33-,34-/m0/s1. The van der Waals surface area contributed by atoms with E-state index in [1.165, 1.54) is 26.0 Å². The van der Waals surface area contributed by atoms with Crippen molar-refractivity contribution in [2.45, 2.75) is 151 Å². The fourth-order valence-electron chi connectivity index (χ4n) is 6.18. The summed E-state index contributed by atoms with van der Waals surface area (Å²) in [6, 6.07) is 0. The first-order valence-corrected chi connectivity index (χ1v) is 18.1. The van der Waals surface area contributed by atoms with Crippen LogP contribution < -0.4 is 0 Å². The number of allylic oxidation sites excluding steroid dienone is 2. The number of hydrogen-bond donors (Lipinski definition) is 12. The molecule has 12 N–H and O–H groups in total. The minimum atomic E-state index is -2.10. The van der Waals surface area contributed by atoms with Crippen LogP contribution in [0.2, 0.25) is 0 Å². The molecule has 0 aromatic carbocycles. The van der Waals surface area contributed by atoms with Gasteiger partial charge in [0.2, 0.25) is 0 Å². The Labute approximate surface area is 325 Å². The second-order valence-corrected chi connectivity index (χ2v) is 13.9. The van der Waals surface area contributed by atoms with Crippen molar-refractivity contribution >= 4 is 11.9 Å². The van der Waals surface area contributed by atoms with Crippen molar-refractivity contribution in [2.24, 2.45) is 0 Å². The van der Waals surface area contributed by atoms with Gasteiger partial charge in [-0.05, 0) is 27.7 Å². The van der Waals surface area contributed by atoms with Crippen molar-refractivity contribution in [3.05, 3.63) is 23.3 Å². The molecule has 0 aromatic heterocycles. The highest BCUT2D eigenvalue weighted by molar-refractivity contribution is 5.88. The molecule has 328 valence electrons. The topological polar surface area (TPSA) is 360 Å². The van der Waals surface area contributed by atoms with Crippen molar-refractivity contribution in [1.82, 2.24) is 0 Å². The average molecular weight is 831 g/mol. The van der Waals surface area contributed by atoms with Crippen LogP contribution in [0.15, 0.2) is 23.3 Å². The van der Waals surface area contributed by atoms with Crippen LogP contribution in [0, 0.1) is 0 Å². The van der Waals surface area contributed by atoms with Crippen molar-refractivity contribution in [1.29, 1.82) is 0 Å². The van der Waals surface area contributed by atoms with E-state index in [1.807, 2.05) is 0 Å². The number of aliphatic hydroxyl groups excluding tert-OH is 12. The van der Waals surface area contributed by atoms with Crippen LogP contribution in [0.1, 0.15) is 27.7 Å². The van der Waals surface area contributed by atoms with Gasteiger partial charge < -0.3 is 104 Å². The Morgan fingerprint density at radius 1 is 0.456 bits per heavy atom. The van der Waals surface area contributed by atoms with Gasteiger partial charge in [-0.15, -0.1) is 0 Å². The lowest BCUT2D eigenvalue weighted by Gasteiger charge is -2.49. The Morgan fingerprint density at radius 3 is 1.16 bits per heavy atom. The normalized spacial score (nSPS) is 44.7. The van der Waals surface area contributed by atoms with Gasteiger partial charge in [-0.25, -0.2) is 9.59 Å². The summed E-state index contributed by atoms with van der Waals surface area (Å²) >= 11 is 0. The zero-order valence-electron chi connectivity index (χ0n) is 31.4. The minimum absolute atomic E-state index is 0.173. The van der Waals surface area contributed by atoms with Crippen molar-refractivity contribution in [3.8, 4) is 0 Å². The van der Waals surface area contributed by atoms with Gasteiger partial charge in [0, 0.05) is 11.1 Å². The third kappa shape index (κ3) is 10.7. The highest BCUT2D eigenvalue weighted by Gasteiger charge is 2.56. The third-order valence-electron chi connectivity index (χ3n) is 10.1. The molecule has 57 heavy (non-hydrogen) atoms. The monoisotopic (exact) mass is 830 g/mol. The van der Waals surface area contributed by atoms with E-state index in [0.717, 1.165) is 0 Å². The van der Waals surface area contributed by atoms with Crippen LogP contribution in [-0.4, -0.2) is 222 Å². The smallest absolute Gasteiger partial charge is 0.333 e. The molecule has 0 spiro atoms. The Morgan fingerprint density at radius 2 is 0.772 bits per heavy atom. The molecule has 4 saturated heterocycles. The summed E-state index contributed by atoms with van der Waals surface area (Å²) in [6.45, 7) is 2.87. The molecule has 23 nitrogen and oxygen atoms in total. The predicted octanol–water partition coefficient (Wildman–Crippen LogP) is -6.71. The van der Waals surface area contributed by atoms with Crippen LogP contribution in [0.25, 0.3) is 0 Å². The Kier molecular flexibility index (Phi) is 17.2. The van der Waals surface area contributed by atoms with E-state index in [9.17, 15) is 70.9 Å². The van der Waals surface area contributed by atoms with E-state index < -0.39 is 161 Å². The molecule has 4 fully saturated rings. The average Bonchev–Trinajstić information content (AvgIpc) is 3.20. The van der Waals surface area contributed by atoms with Crippen molar-refractivity contribution in [2.75, 3.05) is 26.4 Å². The fourth-order valence-corrected chi connectivity index (χ4v) is 6.18. The van der Waals surface area contributed by atoms with Crippen LogP contribution in [0.5, 0.6) is 0 Å². The van der Waals surface area contributed by atoms with E-state index in [0.29, 0.717) is 0 Å². The number of hydrogen-bond acceptors (Lipinski definition) is 23. The maximum atomic E-state index is 12.4. The van der Waals surface area contributed by atoms with E-state index in [-0.39, 0.29) is 11.1 Å². The lowest BCUT2D eigenvalue weighted by molar-refractivity contribution is -0.414. The van der Waals surface area contributed by atoms with Gasteiger partial charge in [-0.1, -0.05) is 12.2 Å². The van der Waals surface area contributed by atoms with Crippen LogP contribution in [0.3, 0.4) is 0 Å². The lowest BCUT2D eigenvalue weighted by Crippen LogP contribution is -2.67. The first-order valence-electron chi connectivity index (χ1n) is 18.1. The number of carbonyl (C=O) groups is 2. The number of ether oxygens (including phenoxy) is 9. The molecule has 4 aliphatic heterocycles. The fraction of sp³-hybridized carbons (Fsp3) is 0.824. The van der Waals surface area contributed by atoms with Crippen LogP contribution in [-0.2, 0) is 52.2 Å². The molecule has 20 atom stereocenters. The molecule has 4 aliphatic rings. The number of aliphatic hydroxyl groups is 12. The summed E-state index contributed by atoms with van der Waals surface area (Å²) in [7, 11) is 0. The molecule has 23 heteroatoms. The number of esters is 2. The summed E-state index contributed by atoms with van der Waals surface area (Å²) in [6.07, 6.45) is -35.0. The third-order valence-corrected chi connectivity index (χ3v) is 10.1. The highest BCUT2D eigenvalue weighted by Crippen LogP contribution is 2.35. The minimum Gasteiger partial charge on any atom is -0.459 e. The molecule has 4 rings (SSSR count). The van der Waals surface area contributed by atoms with E-state index in [1.54, 1.807) is 13.8 Å². The molecular weight excluding hydrogens is 776 g/mol. The maximum absolute atomic E-state index is 12.4. The molecule has 0 bridgehead atoms. The quantitative estimate of drug-likeness (QED) is 0.0572. The SMILES string of the molecule is C/C=C(\C)C(=O)OC[C@@H]1O[C@H](O[C@@H]2[C@H](O[C@@H]3O[C@@H](CO)[C@H](O)[C@@H](O)[C@@H]3O[C@H]3O[C@@H](CO)[C@H](O)[C@@H](O)[C@@H]3O)O[C@@H](COC(=O)/C(C)=C/C)[C@H](O)[C@H]2O)[C@@H](O)[C@H](O)[C@H]1O. The Bertz CT molecular complexity index is 1380. The molecule has 0 saturated carbocycles. The van der Waals surface area contributed by atoms with Crippen LogP contribution in [0.4, 0.5) is 0 Å². The summed E-state index contributed by atoms with van der Waals surface area (Å²) in [4.78, 5) is 24.7. The molecular formula is C34H54O23. The zero-order chi connectivity index (χ0) is 42.5. The largest absolute Gasteiger partial charge is 0.459 e. The van der Waals surface area contributed by atoms with E-state index in [2.05, 4.69) is 0 Å². The number of carbonyl (C=O) groups excluding carboxylic acids is 2. The van der Waals surface area contributed by atoms with Crippen molar-refractivity contribution < 1.29 is 113 Å². The van der Waals surface area contributed by atoms with Crippen LogP contribution >= 0.6 is 0 Å². The summed E-state index contributed by atoms with van der Waals surface area (Å²) in [5, 5.41) is 127. The lowest BCUT2D eigenvalue weighted by atomic mass is 9.96. The Balaban J connectivity index is 1.66. The summed E-state index contributed by atoms with van der Waals surface area (Å²) in [5.74, 6) is -1.62. The summed E-state index contributed by atoms with van der Waals surface area (Å²) in [5.41, 5.74) is 0.373. The van der Waals surface area contributed by atoms with Gasteiger partial charge in [0.05, 0.1) is 13.2 Å². The summed E-state index contributed by atoms with van der Waals surface area (Å²) < 4.78 is 50.3. The maximum Gasteiger partial charge on any atom is 0.333 e. The predicted molar refractivity (Wildman–Crippen MR) is 180 cm³/mol. The van der Waals surface area contributed by atoms with Crippen molar-refractivity contribution in [3.63, 3.8) is 0 Å². The van der Waals surface area contributed by atoms with Gasteiger partial charge >= 0.3 is 11.9 Å². The number of rotatable bonds is 14. The second-order valence-electron chi connectivity index (χ2n) is 13.9. The zero-order valence-corrected chi connectivity index (χ0v) is 31.4. The van der Waals surface area contributed by atoms with E-state index in [4.69, 9.17) is 42.6 Å². The highest BCUT2D eigenvalue weighted by atomic mass is 16.8. The van der Waals surface area contributed by atoms with Gasteiger partial charge in [0.15, 0.2) is 25.2 Å². The molecule has 4 heterocycles. The first-order chi connectivity index (χ1) is 26.9. The molecule has 0 aromatic rings. The van der Waals surface area contributed by atoms with Gasteiger partial charge in [-0.2, -0.15) is 0 Å². The molecule has 0 unspecified atom stereocenters. The van der Waals surface area contributed by atoms with Gasteiger partial charge in [0.25, 0.3) is 0 Å². The van der Waals surface area contributed by atoms with Gasteiger partial charge in [0.1, 0.15) is 111 Å². The molecule has 0 radical (unpaired) electrons. The molecule has 0 amide bonds. The molecule has 0 aliphatic carbocycles. The van der Waals surface area contributed by atoms with E-state index >= 15 is 0 Å². The Hall–Kier alpha value is -2.34.